The minimum Gasteiger partial charge on any atom is -0.508 e. The summed E-state index contributed by atoms with van der Waals surface area (Å²) in [7, 11) is 0. The molecule has 7 nitrogen and oxygen atoms in total. The Bertz CT molecular complexity index is 563. The highest BCUT2D eigenvalue weighted by molar-refractivity contribution is 6.36. The lowest BCUT2D eigenvalue weighted by molar-refractivity contribution is -0.150. The molecule has 0 bridgehead atoms. The van der Waals surface area contributed by atoms with Crippen LogP contribution in [0.1, 0.15) is 18.9 Å². The predicted octanol–water partition coefficient (Wildman–Crippen LogP) is 0.0523. The lowest BCUT2D eigenvalue weighted by Gasteiger charge is -2.16. The first-order valence-electron chi connectivity index (χ1n) is 6.13. The molecule has 0 aliphatic heterocycles. The van der Waals surface area contributed by atoms with E-state index in [0.717, 1.165) is 0 Å². The second-order valence-corrected chi connectivity index (χ2v) is 4.50. The molecule has 0 aromatic heterocycles. The van der Waals surface area contributed by atoms with E-state index in [2.05, 4.69) is 5.32 Å². The Hall–Kier alpha value is -2.70. The summed E-state index contributed by atoms with van der Waals surface area (Å²) in [6.07, 6.45) is -0.677. The number of carboxylic acid groups (broad SMARTS) is 1. The summed E-state index contributed by atoms with van der Waals surface area (Å²) < 4.78 is 0. The maximum Gasteiger partial charge on any atom is 0.372 e. The Morgan fingerprint density at radius 2 is 1.71 bits per heavy atom. The van der Waals surface area contributed by atoms with Crippen LogP contribution in [0, 0.1) is 0 Å². The first kappa shape index (κ1) is 16.4. The third kappa shape index (κ3) is 5.43. The molecule has 0 saturated carbocycles. The molecule has 1 atom stereocenters. The summed E-state index contributed by atoms with van der Waals surface area (Å²) in [5.74, 6) is -3.99. The molecule has 1 aromatic carbocycles. The van der Waals surface area contributed by atoms with Gasteiger partial charge in [-0.05, 0) is 24.1 Å². The standard InChI is InChI=1S/C14H15NO6/c1-8(16)15-11(12(18)7-13(19)14(20)21)6-9-2-4-10(17)5-3-9/h2-5,11,17H,6-7H2,1H3,(H,15,16)(H,20,21). The topological polar surface area (TPSA) is 121 Å². The minimum absolute atomic E-state index is 0.0576. The number of hydrogen-bond acceptors (Lipinski definition) is 5. The third-order valence-electron chi connectivity index (χ3n) is 2.72. The van der Waals surface area contributed by atoms with E-state index >= 15 is 0 Å². The highest BCUT2D eigenvalue weighted by Crippen LogP contribution is 2.12. The van der Waals surface area contributed by atoms with Crippen LogP contribution in [-0.2, 0) is 25.6 Å². The average molecular weight is 293 g/mol. The molecule has 7 heteroatoms. The highest BCUT2D eigenvalue weighted by Gasteiger charge is 2.25. The number of ketones is 2. The molecule has 112 valence electrons. The van der Waals surface area contributed by atoms with E-state index < -0.39 is 35.9 Å². The van der Waals surface area contributed by atoms with Crippen molar-refractivity contribution >= 4 is 23.4 Å². The minimum atomic E-state index is -1.69. The van der Waals surface area contributed by atoms with E-state index in [-0.39, 0.29) is 12.2 Å². The summed E-state index contributed by atoms with van der Waals surface area (Å²) in [6, 6.07) is 4.99. The molecule has 3 N–H and O–H groups in total. The van der Waals surface area contributed by atoms with Gasteiger partial charge in [0.05, 0.1) is 12.5 Å². The second-order valence-electron chi connectivity index (χ2n) is 4.50. The van der Waals surface area contributed by atoms with Crippen molar-refractivity contribution in [3.63, 3.8) is 0 Å². The monoisotopic (exact) mass is 293 g/mol. The van der Waals surface area contributed by atoms with E-state index in [4.69, 9.17) is 5.11 Å². The maximum absolute atomic E-state index is 11.9. The molecule has 21 heavy (non-hydrogen) atoms. The number of carbonyl (C=O) groups is 4. The molecule has 0 aliphatic rings. The smallest absolute Gasteiger partial charge is 0.372 e. The van der Waals surface area contributed by atoms with Crippen molar-refractivity contribution in [2.45, 2.75) is 25.8 Å². The van der Waals surface area contributed by atoms with Crippen molar-refractivity contribution in [2.75, 3.05) is 0 Å². The Morgan fingerprint density at radius 3 is 2.19 bits per heavy atom. The predicted molar refractivity (Wildman–Crippen MR) is 71.7 cm³/mol. The van der Waals surface area contributed by atoms with E-state index in [1.165, 1.54) is 19.1 Å². The summed E-state index contributed by atoms with van der Waals surface area (Å²) in [6.45, 7) is 1.22. The molecular formula is C14H15NO6. The number of Topliss-reactive ketones (excluding diaryl/α,β-unsaturated/α-hetero) is 2. The quantitative estimate of drug-likeness (QED) is 0.482. The van der Waals surface area contributed by atoms with Crippen LogP contribution in [0.3, 0.4) is 0 Å². The number of phenolic OH excluding ortho intramolecular Hbond substituents is 1. The SMILES string of the molecule is CC(=O)NC(Cc1ccc(O)cc1)C(=O)CC(=O)C(=O)O. The van der Waals surface area contributed by atoms with Crippen molar-refractivity contribution in [1.82, 2.24) is 5.32 Å². The van der Waals surface area contributed by atoms with Crippen LogP contribution >= 0.6 is 0 Å². The Labute approximate surface area is 120 Å². The van der Waals surface area contributed by atoms with Crippen molar-refractivity contribution in [1.29, 1.82) is 0 Å². The molecule has 1 aromatic rings. The Kier molecular flexibility index (Phi) is 5.59. The highest BCUT2D eigenvalue weighted by atomic mass is 16.4. The molecule has 0 saturated heterocycles. The number of carbonyl (C=O) groups excluding carboxylic acids is 3. The number of phenols is 1. The fourth-order valence-electron chi connectivity index (χ4n) is 1.72. The zero-order valence-corrected chi connectivity index (χ0v) is 11.3. The van der Waals surface area contributed by atoms with Gasteiger partial charge >= 0.3 is 5.97 Å². The number of hydrogen-bond donors (Lipinski definition) is 3. The summed E-state index contributed by atoms with van der Waals surface area (Å²) in [5, 5.41) is 20.1. The summed E-state index contributed by atoms with van der Waals surface area (Å²) >= 11 is 0. The number of aromatic hydroxyl groups is 1. The van der Waals surface area contributed by atoms with Crippen LogP contribution in [0.2, 0.25) is 0 Å². The van der Waals surface area contributed by atoms with Crippen molar-refractivity contribution in [2.24, 2.45) is 0 Å². The van der Waals surface area contributed by atoms with E-state index in [1.807, 2.05) is 0 Å². The second kappa shape index (κ2) is 7.18. The fraction of sp³-hybridized carbons (Fsp3) is 0.286. The van der Waals surface area contributed by atoms with Gasteiger partial charge in [0.1, 0.15) is 5.75 Å². The summed E-state index contributed by atoms with van der Waals surface area (Å²) in [5.41, 5.74) is 0.655. The summed E-state index contributed by atoms with van der Waals surface area (Å²) in [4.78, 5) is 44.6. The van der Waals surface area contributed by atoms with E-state index in [0.29, 0.717) is 5.56 Å². The van der Waals surface area contributed by atoms with E-state index in [9.17, 15) is 24.3 Å². The number of carboxylic acids is 1. The Morgan fingerprint density at radius 1 is 1.14 bits per heavy atom. The zero-order valence-electron chi connectivity index (χ0n) is 11.3. The van der Waals surface area contributed by atoms with Crippen LogP contribution in [0.5, 0.6) is 5.75 Å². The van der Waals surface area contributed by atoms with Gasteiger partial charge in [0.2, 0.25) is 11.7 Å². The van der Waals surface area contributed by atoms with E-state index in [1.54, 1.807) is 12.1 Å². The molecule has 1 amide bonds. The molecule has 0 aliphatic carbocycles. The maximum atomic E-state index is 11.9. The van der Waals surface area contributed by atoms with Crippen molar-refractivity contribution in [3.8, 4) is 5.75 Å². The van der Waals surface area contributed by atoms with Crippen LogP contribution in [0.25, 0.3) is 0 Å². The van der Waals surface area contributed by atoms with Gasteiger partial charge in [-0.25, -0.2) is 4.79 Å². The third-order valence-corrected chi connectivity index (χ3v) is 2.72. The van der Waals surface area contributed by atoms with Crippen molar-refractivity contribution < 1.29 is 29.4 Å². The first-order valence-corrected chi connectivity index (χ1v) is 6.13. The molecule has 0 spiro atoms. The number of benzene rings is 1. The molecule has 1 unspecified atom stereocenters. The van der Waals surface area contributed by atoms with Gasteiger partial charge < -0.3 is 15.5 Å². The van der Waals surface area contributed by atoms with Gasteiger partial charge in [-0.15, -0.1) is 0 Å². The lowest BCUT2D eigenvalue weighted by Crippen LogP contribution is -2.42. The number of nitrogens with one attached hydrogen (secondary N) is 1. The normalized spacial score (nSPS) is 11.5. The van der Waals surface area contributed by atoms with Gasteiger partial charge in [-0.2, -0.15) is 0 Å². The van der Waals surface area contributed by atoms with Crippen LogP contribution in [0.4, 0.5) is 0 Å². The average Bonchev–Trinajstić information content (AvgIpc) is 2.39. The molecule has 0 radical (unpaired) electrons. The van der Waals surface area contributed by atoms with Crippen LogP contribution in [0.15, 0.2) is 24.3 Å². The first-order chi connectivity index (χ1) is 9.79. The molecular weight excluding hydrogens is 278 g/mol. The molecule has 1 rings (SSSR count). The van der Waals surface area contributed by atoms with Gasteiger partial charge in [-0.3, -0.25) is 14.4 Å². The van der Waals surface area contributed by atoms with Gasteiger partial charge in [-0.1, -0.05) is 12.1 Å². The largest absolute Gasteiger partial charge is 0.508 e. The van der Waals surface area contributed by atoms with Gasteiger partial charge in [0.15, 0.2) is 5.78 Å². The number of rotatable bonds is 7. The Balaban J connectivity index is 2.82. The lowest BCUT2D eigenvalue weighted by atomic mass is 9.99. The van der Waals surface area contributed by atoms with Gasteiger partial charge in [0, 0.05) is 6.92 Å². The fourth-order valence-corrected chi connectivity index (χ4v) is 1.72. The zero-order chi connectivity index (χ0) is 16.0. The number of aliphatic carboxylic acids is 1. The van der Waals surface area contributed by atoms with Gasteiger partial charge in [0.25, 0.3) is 0 Å². The molecule has 0 heterocycles. The number of amides is 1. The van der Waals surface area contributed by atoms with Crippen LogP contribution < -0.4 is 5.32 Å². The molecule has 0 fully saturated rings. The van der Waals surface area contributed by atoms with Crippen molar-refractivity contribution in [3.05, 3.63) is 29.8 Å². The van der Waals surface area contributed by atoms with Crippen LogP contribution in [-0.4, -0.2) is 39.7 Å².